The molecule has 0 spiro atoms. The van der Waals surface area contributed by atoms with E-state index in [2.05, 4.69) is 10.5 Å². The number of hydrazone groups is 1. The van der Waals surface area contributed by atoms with Gasteiger partial charge in [-0.25, -0.2) is 0 Å². The van der Waals surface area contributed by atoms with Crippen LogP contribution in [-0.2, 0) is 30.8 Å². The van der Waals surface area contributed by atoms with Crippen molar-refractivity contribution in [2.45, 2.75) is 122 Å². The Bertz CT molecular complexity index is 885. The van der Waals surface area contributed by atoms with Crippen molar-refractivity contribution in [2.75, 3.05) is 0 Å². The smallest absolute Gasteiger partial charge is 0.349 e. The largest absolute Gasteiger partial charge is 0.351 e. The molecule has 15 heteroatoms. The molecule has 0 saturated heterocycles. The lowest BCUT2D eigenvalue weighted by molar-refractivity contribution is -0.117. The molecular formula is C22H50N2O7P2Si4. The van der Waals surface area contributed by atoms with E-state index in [0.29, 0.717) is 0 Å². The number of hydrogen-bond donors (Lipinski definition) is 1. The van der Waals surface area contributed by atoms with E-state index in [1.54, 1.807) is 0 Å². The van der Waals surface area contributed by atoms with Gasteiger partial charge in [-0.15, -0.1) is 0 Å². The van der Waals surface area contributed by atoms with Crippen LogP contribution in [0.4, 0.5) is 0 Å². The molecule has 0 atom stereocenters. The minimum absolute atomic E-state index is 0.0887. The van der Waals surface area contributed by atoms with Crippen molar-refractivity contribution in [2.24, 2.45) is 11.0 Å². The second kappa shape index (κ2) is 11.3. The lowest BCUT2D eigenvalue weighted by Gasteiger charge is -2.46. The van der Waals surface area contributed by atoms with E-state index in [1.807, 2.05) is 78.6 Å². The Kier molecular flexibility index (Phi) is 10.2. The molecule has 1 aliphatic carbocycles. The molecule has 0 radical (unpaired) electrons. The maximum atomic E-state index is 15.2. The number of Topliss-reactive ketones (excluding diaryl/α,β-unsaturated/α-hetero) is 1. The summed E-state index contributed by atoms with van der Waals surface area (Å²) < 4.78 is 56.0. The first-order valence-electron chi connectivity index (χ1n) is 13.3. The van der Waals surface area contributed by atoms with Crippen molar-refractivity contribution in [3.8, 4) is 0 Å². The molecule has 0 amide bonds. The summed E-state index contributed by atoms with van der Waals surface area (Å²) in [6.07, 6.45) is 4.52. The fourth-order valence-electron chi connectivity index (χ4n) is 4.46. The van der Waals surface area contributed by atoms with Gasteiger partial charge in [0.15, 0.2) is 39.1 Å². The third-order valence-electron chi connectivity index (χ3n) is 5.53. The average Bonchev–Trinajstić information content (AvgIpc) is 3.10. The molecule has 0 unspecified atom stereocenters. The second-order valence-electron chi connectivity index (χ2n) is 14.2. The fourth-order valence-corrected chi connectivity index (χ4v) is 23.1. The van der Waals surface area contributed by atoms with Gasteiger partial charge in [-0.2, -0.15) is 5.10 Å². The summed E-state index contributed by atoms with van der Waals surface area (Å²) >= 11 is 0. The molecule has 9 nitrogen and oxygen atoms in total. The highest BCUT2D eigenvalue weighted by atomic mass is 31.2. The van der Waals surface area contributed by atoms with Crippen LogP contribution in [0.15, 0.2) is 5.10 Å². The number of nitrogens with zero attached hydrogens (tertiary/aromatic N) is 1. The zero-order valence-electron chi connectivity index (χ0n) is 25.0. The second-order valence-corrected chi connectivity index (χ2v) is 37.9. The minimum atomic E-state index is -4.27. The van der Waals surface area contributed by atoms with E-state index in [-0.39, 0.29) is 23.8 Å². The van der Waals surface area contributed by atoms with Crippen molar-refractivity contribution in [3.05, 3.63) is 0 Å². The van der Waals surface area contributed by atoms with Crippen LogP contribution >= 0.6 is 15.2 Å². The number of carbonyl (C=O) groups excluding carboxylic acids is 1. The summed E-state index contributed by atoms with van der Waals surface area (Å²) in [6.45, 7) is 22.9. The molecule has 1 N–H and O–H groups in total. The van der Waals surface area contributed by atoms with E-state index in [0.717, 1.165) is 32.1 Å². The van der Waals surface area contributed by atoms with Crippen LogP contribution in [0.25, 0.3) is 0 Å². The summed E-state index contributed by atoms with van der Waals surface area (Å²) in [5.41, 5.74) is 3.17. The average molecular weight is 629 g/mol. The van der Waals surface area contributed by atoms with Gasteiger partial charge in [0.05, 0.1) is 0 Å². The molecule has 1 fully saturated rings. The lowest BCUT2D eigenvalue weighted by Crippen LogP contribution is -2.49. The highest BCUT2D eigenvalue weighted by molar-refractivity contribution is 7.76. The molecule has 0 aromatic carbocycles. The van der Waals surface area contributed by atoms with Crippen LogP contribution in [0.5, 0.6) is 0 Å². The van der Waals surface area contributed by atoms with Crippen LogP contribution in [-0.4, -0.2) is 49.8 Å². The Morgan fingerprint density at radius 3 is 1.41 bits per heavy atom. The van der Waals surface area contributed by atoms with Gasteiger partial charge >= 0.3 is 15.2 Å². The fraction of sp³-hybridized carbons (Fsp3) is 0.909. The van der Waals surface area contributed by atoms with E-state index < -0.39 is 53.5 Å². The predicted octanol–water partition coefficient (Wildman–Crippen LogP) is 7.93. The standard InChI is InChI=1S/C22H50N2O7P2Si4/c1-34(2,3)28-32(26,29-35(4,5)6)22(33(27,30-36(7,8)9)31-37(10,11)12)18-20(23-24-22)21(25)19-16-14-13-15-17-19/h19,24H,13-18H2,1-12H3. The monoisotopic (exact) mass is 628 g/mol. The predicted molar refractivity (Wildman–Crippen MR) is 162 cm³/mol. The minimum Gasteiger partial charge on any atom is -0.349 e. The van der Waals surface area contributed by atoms with Crippen molar-refractivity contribution < 1.29 is 30.8 Å². The molecule has 0 aromatic rings. The summed E-state index contributed by atoms with van der Waals surface area (Å²) in [5, 5.41) is 2.50. The summed E-state index contributed by atoms with van der Waals surface area (Å²) in [5.74, 6) is -0.232. The van der Waals surface area contributed by atoms with Crippen molar-refractivity contribution >= 4 is 60.0 Å². The molecule has 0 aromatic heterocycles. The number of nitrogens with one attached hydrogen (secondary N) is 1. The van der Waals surface area contributed by atoms with Crippen LogP contribution in [0.1, 0.15) is 38.5 Å². The van der Waals surface area contributed by atoms with Crippen molar-refractivity contribution in [1.82, 2.24) is 5.43 Å². The zero-order valence-corrected chi connectivity index (χ0v) is 30.8. The first kappa shape index (κ1) is 33.5. The number of carbonyl (C=O) groups is 1. The van der Waals surface area contributed by atoms with Gasteiger partial charge in [-0.3, -0.25) is 19.4 Å². The van der Waals surface area contributed by atoms with E-state index >= 15 is 9.13 Å². The van der Waals surface area contributed by atoms with Crippen LogP contribution in [0.2, 0.25) is 78.6 Å². The Morgan fingerprint density at radius 2 is 1.08 bits per heavy atom. The first-order valence-corrected chi connectivity index (χ1v) is 30.0. The van der Waals surface area contributed by atoms with Crippen molar-refractivity contribution in [1.29, 1.82) is 0 Å². The lowest BCUT2D eigenvalue weighted by atomic mass is 9.84. The maximum absolute atomic E-state index is 15.2. The maximum Gasteiger partial charge on any atom is 0.351 e. The number of rotatable bonds is 12. The van der Waals surface area contributed by atoms with Gasteiger partial charge in [0, 0.05) is 12.3 Å². The Hall–Kier alpha value is 0.308. The molecule has 37 heavy (non-hydrogen) atoms. The quantitative estimate of drug-likeness (QED) is 0.171. The van der Waals surface area contributed by atoms with E-state index in [1.165, 1.54) is 0 Å². The SMILES string of the molecule is C[Si](C)(C)OP(=O)(O[Si](C)(C)C)C1(P(=O)(O[Si](C)(C)C)O[Si](C)(C)C)CC(C(=O)C2CCCCC2)=NN1. The number of ketones is 1. The van der Waals surface area contributed by atoms with Gasteiger partial charge in [0.25, 0.3) is 5.02 Å². The van der Waals surface area contributed by atoms with Crippen LogP contribution < -0.4 is 5.43 Å². The molecule has 1 aliphatic heterocycles. The van der Waals surface area contributed by atoms with Gasteiger partial charge in [0.2, 0.25) is 0 Å². The highest BCUT2D eigenvalue weighted by Crippen LogP contribution is 2.80. The molecule has 2 aliphatic rings. The molecule has 1 heterocycles. The summed E-state index contributed by atoms with van der Waals surface area (Å²) in [6, 6.07) is 0. The Labute approximate surface area is 228 Å². The highest BCUT2D eigenvalue weighted by Gasteiger charge is 2.71. The van der Waals surface area contributed by atoms with Gasteiger partial charge in [-0.05, 0) is 91.4 Å². The van der Waals surface area contributed by atoms with E-state index in [4.69, 9.17) is 16.9 Å². The van der Waals surface area contributed by atoms with Gasteiger partial charge < -0.3 is 16.9 Å². The number of hydrogen-bond acceptors (Lipinski definition) is 9. The van der Waals surface area contributed by atoms with Gasteiger partial charge in [-0.1, -0.05) is 19.3 Å². The molecule has 2 rings (SSSR count). The Balaban J connectivity index is 2.77. The summed E-state index contributed by atoms with van der Waals surface area (Å²) in [7, 11) is -18.7. The third kappa shape index (κ3) is 8.90. The molecule has 216 valence electrons. The Morgan fingerprint density at radius 1 is 0.730 bits per heavy atom. The molecular weight excluding hydrogens is 579 g/mol. The van der Waals surface area contributed by atoms with Crippen molar-refractivity contribution in [3.63, 3.8) is 0 Å². The summed E-state index contributed by atoms with van der Waals surface area (Å²) in [4.78, 5) is 13.6. The molecule has 1 saturated carbocycles. The zero-order chi connectivity index (χ0) is 28.7. The van der Waals surface area contributed by atoms with E-state index in [9.17, 15) is 4.79 Å². The van der Waals surface area contributed by atoms with Gasteiger partial charge in [0.1, 0.15) is 5.71 Å². The van der Waals surface area contributed by atoms with Crippen LogP contribution in [0.3, 0.4) is 0 Å². The van der Waals surface area contributed by atoms with Crippen LogP contribution in [0, 0.1) is 5.92 Å². The normalized spacial score (nSPS) is 20.5. The third-order valence-corrected chi connectivity index (χ3v) is 21.9. The first-order chi connectivity index (χ1) is 16.4. The topological polar surface area (TPSA) is 113 Å². The molecule has 0 bridgehead atoms.